The lowest BCUT2D eigenvalue weighted by molar-refractivity contribution is -0.114. The number of carbonyl (C=O) groups is 2. The number of rotatable bonds is 4. The molecule has 1 heterocycles. The predicted octanol–water partition coefficient (Wildman–Crippen LogP) is 4.62. The van der Waals surface area contributed by atoms with Crippen LogP contribution in [0.4, 0.5) is 5.69 Å². The van der Waals surface area contributed by atoms with Crippen LogP contribution in [0.1, 0.15) is 22.8 Å². The van der Waals surface area contributed by atoms with Crippen molar-refractivity contribution < 1.29 is 19.4 Å². The topological polar surface area (TPSA) is 79.2 Å². The fourth-order valence-corrected chi connectivity index (χ4v) is 3.22. The molecule has 2 aromatic carbocycles. The van der Waals surface area contributed by atoms with Gasteiger partial charge in [-0.3, -0.25) is 4.79 Å². The molecule has 1 aliphatic heterocycles. The zero-order valence-corrected chi connectivity index (χ0v) is 16.7. The standard InChI is InChI=1S/C19H14BrClN2O4/c1-10-14(8-11-7-12(20)3-6-17(11)27-2)18(24)23(22-10)13-4-5-16(21)15(9-13)19(25)26/h3-9H,1-2H3,(H,25,26)/b14-8-. The molecule has 138 valence electrons. The average molecular weight is 450 g/mol. The second-order valence-electron chi connectivity index (χ2n) is 5.72. The Morgan fingerprint density at radius 2 is 2.04 bits per heavy atom. The second-order valence-corrected chi connectivity index (χ2v) is 7.04. The normalized spacial score (nSPS) is 15.3. The molecule has 0 atom stereocenters. The van der Waals surface area contributed by atoms with E-state index in [1.54, 1.807) is 32.2 Å². The van der Waals surface area contributed by atoms with Crippen molar-refractivity contribution in [2.75, 3.05) is 12.1 Å². The summed E-state index contributed by atoms with van der Waals surface area (Å²) < 4.78 is 6.18. The second kappa shape index (κ2) is 7.54. The third-order valence-electron chi connectivity index (χ3n) is 3.98. The number of hydrogen-bond acceptors (Lipinski definition) is 4. The number of carboxylic acid groups (broad SMARTS) is 1. The summed E-state index contributed by atoms with van der Waals surface area (Å²) in [5.74, 6) is -0.929. The van der Waals surface area contributed by atoms with E-state index in [4.69, 9.17) is 16.3 Å². The Kier molecular flexibility index (Phi) is 5.34. The molecule has 1 aliphatic rings. The van der Waals surface area contributed by atoms with Gasteiger partial charge in [-0.15, -0.1) is 0 Å². The lowest BCUT2D eigenvalue weighted by Crippen LogP contribution is -2.21. The predicted molar refractivity (Wildman–Crippen MR) is 108 cm³/mol. The molecule has 3 rings (SSSR count). The minimum Gasteiger partial charge on any atom is -0.496 e. The minimum atomic E-state index is -1.18. The Hall–Kier alpha value is -2.64. The number of carbonyl (C=O) groups excluding carboxylic acids is 1. The van der Waals surface area contributed by atoms with Crippen LogP contribution in [0.3, 0.4) is 0 Å². The molecule has 8 heteroatoms. The summed E-state index contributed by atoms with van der Waals surface area (Å²) in [6, 6.07) is 9.76. The smallest absolute Gasteiger partial charge is 0.337 e. The van der Waals surface area contributed by atoms with Crippen molar-refractivity contribution in [3.05, 3.63) is 62.6 Å². The molecule has 0 fully saturated rings. The summed E-state index contributed by atoms with van der Waals surface area (Å²) in [5, 5.41) is 14.7. The number of ether oxygens (including phenoxy) is 1. The Morgan fingerprint density at radius 1 is 1.30 bits per heavy atom. The van der Waals surface area contributed by atoms with Crippen molar-refractivity contribution in [1.29, 1.82) is 0 Å². The molecule has 0 aromatic heterocycles. The number of nitrogens with zero attached hydrogens (tertiary/aromatic N) is 2. The number of aromatic carboxylic acids is 1. The van der Waals surface area contributed by atoms with Gasteiger partial charge in [-0.05, 0) is 49.4 Å². The first-order valence-corrected chi connectivity index (χ1v) is 8.97. The van der Waals surface area contributed by atoms with Gasteiger partial charge in [-0.2, -0.15) is 10.1 Å². The summed E-state index contributed by atoms with van der Waals surface area (Å²) in [6.45, 7) is 1.71. The van der Waals surface area contributed by atoms with Crippen LogP contribution in [-0.4, -0.2) is 29.8 Å². The van der Waals surface area contributed by atoms with E-state index in [0.717, 1.165) is 9.48 Å². The van der Waals surface area contributed by atoms with Gasteiger partial charge in [-0.1, -0.05) is 27.5 Å². The zero-order chi connectivity index (χ0) is 19.7. The van der Waals surface area contributed by atoms with Crippen molar-refractivity contribution in [1.82, 2.24) is 0 Å². The Morgan fingerprint density at radius 3 is 2.70 bits per heavy atom. The molecule has 0 aliphatic carbocycles. The quantitative estimate of drug-likeness (QED) is 0.691. The number of halogens is 2. The van der Waals surface area contributed by atoms with E-state index in [0.29, 0.717) is 28.3 Å². The van der Waals surface area contributed by atoms with E-state index in [-0.39, 0.29) is 16.5 Å². The highest BCUT2D eigenvalue weighted by Crippen LogP contribution is 2.31. The molecule has 0 saturated heterocycles. The monoisotopic (exact) mass is 448 g/mol. The highest BCUT2D eigenvalue weighted by Gasteiger charge is 2.29. The summed E-state index contributed by atoms with van der Waals surface area (Å²) >= 11 is 9.30. The molecule has 1 amide bonds. The first kappa shape index (κ1) is 19.1. The summed E-state index contributed by atoms with van der Waals surface area (Å²) in [4.78, 5) is 24.2. The first-order valence-electron chi connectivity index (χ1n) is 7.80. The third-order valence-corrected chi connectivity index (χ3v) is 4.80. The van der Waals surface area contributed by atoms with E-state index in [1.165, 1.54) is 12.1 Å². The van der Waals surface area contributed by atoms with Gasteiger partial charge in [0, 0.05) is 10.0 Å². The number of methoxy groups -OCH3 is 1. The van der Waals surface area contributed by atoms with Gasteiger partial charge in [0.25, 0.3) is 5.91 Å². The largest absolute Gasteiger partial charge is 0.496 e. The van der Waals surface area contributed by atoms with Gasteiger partial charge in [0.15, 0.2) is 0 Å². The molecule has 0 bridgehead atoms. The molecule has 1 N–H and O–H groups in total. The molecule has 0 radical (unpaired) electrons. The van der Waals surface area contributed by atoms with Crippen LogP contribution in [0.5, 0.6) is 5.75 Å². The Bertz CT molecular complexity index is 1020. The molecule has 0 spiro atoms. The number of hydrogen-bond donors (Lipinski definition) is 1. The number of anilines is 1. The summed E-state index contributed by atoms with van der Waals surface area (Å²) in [6.07, 6.45) is 1.69. The van der Waals surface area contributed by atoms with Crippen LogP contribution in [0.15, 0.2) is 51.5 Å². The maximum absolute atomic E-state index is 12.9. The minimum absolute atomic E-state index is 0.0910. The van der Waals surface area contributed by atoms with Gasteiger partial charge < -0.3 is 9.84 Å². The van der Waals surface area contributed by atoms with Gasteiger partial charge in [0.05, 0.1) is 34.7 Å². The van der Waals surface area contributed by atoms with Crippen LogP contribution in [0.25, 0.3) is 6.08 Å². The SMILES string of the molecule is COc1ccc(Br)cc1/C=C1\C(=O)N(c2ccc(Cl)c(C(=O)O)c2)N=C1C. The van der Waals surface area contributed by atoms with Crippen LogP contribution < -0.4 is 9.75 Å². The van der Waals surface area contributed by atoms with Gasteiger partial charge >= 0.3 is 5.97 Å². The van der Waals surface area contributed by atoms with Crippen LogP contribution in [0, 0.1) is 0 Å². The fraction of sp³-hybridized carbons (Fsp3) is 0.105. The third kappa shape index (κ3) is 3.74. The highest BCUT2D eigenvalue weighted by atomic mass is 79.9. The van der Waals surface area contributed by atoms with Gasteiger partial charge in [0.1, 0.15) is 5.75 Å². The molecular formula is C19H14BrClN2O4. The molecule has 6 nitrogen and oxygen atoms in total. The van der Waals surface area contributed by atoms with Gasteiger partial charge in [-0.25, -0.2) is 4.79 Å². The van der Waals surface area contributed by atoms with E-state index in [2.05, 4.69) is 21.0 Å². The maximum atomic E-state index is 12.9. The lowest BCUT2D eigenvalue weighted by atomic mass is 10.1. The molecule has 2 aromatic rings. The summed E-state index contributed by atoms with van der Waals surface area (Å²) in [5.41, 5.74) is 1.84. The van der Waals surface area contributed by atoms with E-state index in [9.17, 15) is 14.7 Å². The van der Waals surface area contributed by atoms with E-state index in [1.807, 2.05) is 12.1 Å². The van der Waals surface area contributed by atoms with Crippen LogP contribution in [0.2, 0.25) is 5.02 Å². The number of benzene rings is 2. The Labute approximate surface area is 168 Å². The van der Waals surface area contributed by atoms with E-state index >= 15 is 0 Å². The first-order chi connectivity index (χ1) is 12.8. The van der Waals surface area contributed by atoms with E-state index < -0.39 is 5.97 Å². The molecule has 27 heavy (non-hydrogen) atoms. The molecule has 0 saturated carbocycles. The fourth-order valence-electron chi connectivity index (χ4n) is 2.64. The molecular weight excluding hydrogens is 436 g/mol. The van der Waals surface area contributed by atoms with Crippen molar-refractivity contribution >= 4 is 56.9 Å². The molecule has 0 unspecified atom stereocenters. The zero-order valence-electron chi connectivity index (χ0n) is 14.4. The maximum Gasteiger partial charge on any atom is 0.337 e. The highest BCUT2D eigenvalue weighted by molar-refractivity contribution is 9.10. The number of hydrazone groups is 1. The van der Waals surface area contributed by atoms with Gasteiger partial charge in [0.2, 0.25) is 0 Å². The van der Waals surface area contributed by atoms with Crippen LogP contribution in [-0.2, 0) is 4.79 Å². The number of carboxylic acids is 1. The lowest BCUT2D eigenvalue weighted by Gasteiger charge is -2.13. The van der Waals surface area contributed by atoms with Crippen molar-refractivity contribution in [2.45, 2.75) is 6.92 Å². The number of amides is 1. The Balaban J connectivity index is 2.02. The summed E-state index contributed by atoms with van der Waals surface area (Å²) in [7, 11) is 1.55. The van der Waals surface area contributed by atoms with Crippen molar-refractivity contribution in [3.8, 4) is 5.75 Å². The van der Waals surface area contributed by atoms with Crippen molar-refractivity contribution in [2.24, 2.45) is 5.10 Å². The average Bonchev–Trinajstić information content (AvgIpc) is 2.90. The van der Waals surface area contributed by atoms with Crippen LogP contribution >= 0.6 is 27.5 Å². The van der Waals surface area contributed by atoms with Crippen molar-refractivity contribution in [3.63, 3.8) is 0 Å².